The summed E-state index contributed by atoms with van der Waals surface area (Å²) in [6.45, 7) is 15.8. The summed E-state index contributed by atoms with van der Waals surface area (Å²) in [6.07, 6.45) is 1.13. The van der Waals surface area contributed by atoms with Crippen LogP contribution in [-0.4, -0.2) is 101 Å². The van der Waals surface area contributed by atoms with Gasteiger partial charge in [-0.3, -0.25) is 14.8 Å². The van der Waals surface area contributed by atoms with Gasteiger partial charge in [0, 0.05) is 71.1 Å². The molecule has 0 aromatic heterocycles. The van der Waals surface area contributed by atoms with Crippen molar-refractivity contribution in [3.05, 3.63) is 30.3 Å². The lowest BCUT2D eigenvalue weighted by atomic mass is 10.0. The lowest BCUT2D eigenvalue weighted by molar-refractivity contribution is 0.00752. The maximum Gasteiger partial charge on any atom is 0.191 e. The zero-order valence-corrected chi connectivity index (χ0v) is 22.5. The number of ether oxygens (including phenoxy) is 1. The lowest BCUT2D eigenvalue weighted by Crippen LogP contribution is -2.52. The van der Waals surface area contributed by atoms with Crippen molar-refractivity contribution in [3.63, 3.8) is 0 Å². The SMILES string of the molecule is CN=C(NCCCN1CCN(c2ccccc2)CC1)NCC(C(C)C)N1CCOCC1.I. The molecule has 0 saturated carbocycles. The van der Waals surface area contributed by atoms with Gasteiger partial charge >= 0.3 is 0 Å². The van der Waals surface area contributed by atoms with Crippen LogP contribution in [0.25, 0.3) is 0 Å². The van der Waals surface area contributed by atoms with Crippen LogP contribution in [-0.2, 0) is 4.74 Å². The first-order valence-corrected chi connectivity index (χ1v) is 12.0. The van der Waals surface area contributed by atoms with Crippen molar-refractivity contribution >= 4 is 35.6 Å². The summed E-state index contributed by atoms with van der Waals surface area (Å²) in [7, 11) is 1.86. The number of piperazine rings is 1. The highest BCUT2D eigenvalue weighted by Crippen LogP contribution is 2.15. The summed E-state index contributed by atoms with van der Waals surface area (Å²) in [6, 6.07) is 11.3. The van der Waals surface area contributed by atoms with Gasteiger partial charge in [-0.15, -0.1) is 24.0 Å². The first kappa shape index (κ1) is 27.1. The second kappa shape index (κ2) is 14.9. The Hall–Kier alpha value is -1.10. The zero-order chi connectivity index (χ0) is 21.9. The Labute approximate surface area is 212 Å². The van der Waals surface area contributed by atoms with Crippen LogP contribution >= 0.6 is 24.0 Å². The van der Waals surface area contributed by atoms with Crippen molar-refractivity contribution in [2.45, 2.75) is 26.3 Å². The highest BCUT2D eigenvalue weighted by atomic mass is 127. The molecule has 2 aliphatic rings. The number of anilines is 1. The third kappa shape index (κ3) is 8.68. The first-order valence-electron chi connectivity index (χ1n) is 12.0. The molecule has 1 aromatic rings. The molecule has 2 N–H and O–H groups in total. The summed E-state index contributed by atoms with van der Waals surface area (Å²) < 4.78 is 5.52. The quantitative estimate of drug-likeness (QED) is 0.210. The maximum atomic E-state index is 5.52. The van der Waals surface area contributed by atoms with Gasteiger partial charge in [0.25, 0.3) is 0 Å². The molecule has 3 rings (SSSR count). The smallest absolute Gasteiger partial charge is 0.191 e. The molecule has 182 valence electrons. The Morgan fingerprint density at radius 2 is 1.69 bits per heavy atom. The highest BCUT2D eigenvalue weighted by Gasteiger charge is 2.24. The van der Waals surface area contributed by atoms with E-state index >= 15 is 0 Å². The maximum absolute atomic E-state index is 5.52. The van der Waals surface area contributed by atoms with Crippen molar-refractivity contribution in [2.24, 2.45) is 10.9 Å². The summed E-state index contributed by atoms with van der Waals surface area (Å²) >= 11 is 0. The van der Waals surface area contributed by atoms with Crippen LogP contribution in [0, 0.1) is 5.92 Å². The van der Waals surface area contributed by atoms with E-state index in [1.165, 1.54) is 5.69 Å². The Kier molecular flexibility index (Phi) is 12.7. The third-order valence-corrected chi connectivity index (χ3v) is 6.42. The van der Waals surface area contributed by atoms with Gasteiger partial charge < -0.3 is 20.3 Å². The number of guanidine groups is 1. The Bertz CT molecular complexity index is 645. The molecule has 2 fully saturated rings. The number of halogens is 1. The van der Waals surface area contributed by atoms with Crippen LogP contribution in [0.4, 0.5) is 5.69 Å². The number of aliphatic imine (C=N–C) groups is 1. The minimum Gasteiger partial charge on any atom is -0.379 e. The molecular formula is C24H43IN6O. The van der Waals surface area contributed by atoms with Crippen LogP contribution in [0.1, 0.15) is 20.3 Å². The molecule has 7 nitrogen and oxygen atoms in total. The summed E-state index contributed by atoms with van der Waals surface area (Å²) in [4.78, 5) is 12.0. The molecule has 1 aromatic carbocycles. The van der Waals surface area contributed by atoms with Gasteiger partial charge in [-0.2, -0.15) is 0 Å². The number of benzene rings is 1. The normalized spacial score (nSPS) is 19.5. The molecule has 0 spiro atoms. The summed E-state index contributed by atoms with van der Waals surface area (Å²) in [5.74, 6) is 1.51. The first-order chi connectivity index (χ1) is 15.2. The molecule has 0 radical (unpaired) electrons. The highest BCUT2D eigenvalue weighted by molar-refractivity contribution is 14.0. The predicted octanol–water partition coefficient (Wildman–Crippen LogP) is 2.34. The molecule has 2 heterocycles. The number of hydrogen-bond acceptors (Lipinski definition) is 5. The fourth-order valence-corrected chi connectivity index (χ4v) is 4.50. The molecule has 0 amide bonds. The van der Waals surface area contributed by atoms with E-state index in [4.69, 9.17) is 4.74 Å². The molecule has 0 aliphatic carbocycles. The third-order valence-electron chi connectivity index (χ3n) is 6.42. The van der Waals surface area contributed by atoms with E-state index in [9.17, 15) is 0 Å². The summed E-state index contributed by atoms with van der Waals surface area (Å²) in [5.41, 5.74) is 1.34. The number of nitrogens with one attached hydrogen (secondary N) is 2. The summed E-state index contributed by atoms with van der Waals surface area (Å²) in [5, 5.41) is 7.05. The van der Waals surface area contributed by atoms with Gasteiger partial charge in [0.15, 0.2) is 5.96 Å². The van der Waals surface area contributed by atoms with Gasteiger partial charge in [-0.1, -0.05) is 32.0 Å². The van der Waals surface area contributed by atoms with E-state index < -0.39 is 0 Å². The van der Waals surface area contributed by atoms with Gasteiger partial charge in [-0.05, 0) is 31.0 Å². The van der Waals surface area contributed by atoms with Gasteiger partial charge in [-0.25, -0.2) is 0 Å². The number of para-hydroxylation sites is 1. The second-order valence-electron chi connectivity index (χ2n) is 8.86. The van der Waals surface area contributed by atoms with Crippen molar-refractivity contribution in [1.82, 2.24) is 20.4 Å². The largest absolute Gasteiger partial charge is 0.379 e. The number of nitrogens with zero attached hydrogens (tertiary/aromatic N) is 4. The molecule has 1 atom stereocenters. The van der Waals surface area contributed by atoms with Crippen LogP contribution in [0.15, 0.2) is 35.3 Å². The van der Waals surface area contributed by atoms with Gasteiger partial charge in [0.1, 0.15) is 0 Å². The standard InChI is InChI=1S/C24H42N6O.HI/c1-21(2)23(30-16-18-31-19-17-30)20-27-24(25-3)26-10-7-11-28-12-14-29(15-13-28)22-8-5-4-6-9-22;/h4-6,8-9,21,23H,7,10-20H2,1-3H3,(H2,25,26,27);1H. The molecule has 8 heteroatoms. The lowest BCUT2D eigenvalue weighted by Gasteiger charge is -2.37. The van der Waals surface area contributed by atoms with E-state index in [0.717, 1.165) is 84.5 Å². The van der Waals surface area contributed by atoms with Crippen LogP contribution in [0.3, 0.4) is 0 Å². The number of morpholine rings is 1. The van der Waals surface area contributed by atoms with Crippen LogP contribution in [0.2, 0.25) is 0 Å². The molecular weight excluding hydrogens is 515 g/mol. The molecule has 2 saturated heterocycles. The number of hydrogen-bond donors (Lipinski definition) is 2. The fraction of sp³-hybridized carbons (Fsp3) is 0.708. The second-order valence-corrected chi connectivity index (χ2v) is 8.86. The minimum absolute atomic E-state index is 0. The van der Waals surface area contributed by atoms with Gasteiger partial charge in [0.05, 0.1) is 13.2 Å². The van der Waals surface area contributed by atoms with Crippen LogP contribution < -0.4 is 15.5 Å². The number of rotatable bonds is 9. The van der Waals surface area contributed by atoms with E-state index in [0.29, 0.717) is 12.0 Å². The van der Waals surface area contributed by atoms with Crippen molar-refractivity contribution in [1.29, 1.82) is 0 Å². The van der Waals surface area contributed by atoms with Crippen molar-refractivity contribution in [2.75, 3.05) is 84.1 Å². The van der Waals surface area contributed by atoms with E-state index in [1.54, 1.807) is 0 Å². The average molecular weight is 559 g/mol. The fourth-order valence-electron chi connectivity index (χ4n) is 4.50. The Balaban J connectivity index is 0.00000363. The van der Waals surface area contributed by atoms with E-state index in [-0.39, 0.29) is 24.0 Å². The monoisotopic (exact) mass is 558 g/mol. The predicted molar refractivity (Wildman–Crippen MR) is 146 cm³/mol. The molecule has 32 heavy (non-hydrogen) atoms. The zero-order valence-electron chi connectivity index (χ0n) is 20.1. The van der Waals surface area contributed by atoms with Gasteiger partial charge in [0.2, 0.25) is 0 Å². The van der Waals surface area contributed by atoms with Crippen molar-refractivity contribution in [3.8, 4) is 0 Å². The molecule has 1 unspecified atom stereocenters. The topological polar surface area (TPSA) is 55.4 Å². The van der Waals surface area contributed by atoms with Crippen molar-refractivity contribution < 1.29 is 4.74 Å². The minimum atomic E-state index is 0. The van der Waals surface area contributed by atoms with E-state index in [1.807, 2.05) is 7.05 Å². The van der Waals surface area contributed by atoms with E-state index in [2.05, 4.69) is 74.5 Å². The molecule has 2 aliphatic heterocycles. The Morgan fingerprint density at radius 3 is 2.31 bits per heavy atom. The Morgan fingerprint density at radius 1 is 1.00 bits per heavy atom. The van der Waals surface area contributed by atoms with Crippen LogP contribution in [0.5, 0.6) is 0 Å². The molecule has 0 bridgehead atoms. The average Bonchev–Trinajstić information content (AvgIpc) is 2.82.